The van der Waals surface area contributed by atoms with E-state index in [4.69, 9.17) is 34.5 Å². The molecule has 1 fully saturated rings. The van der Waals surface area contributed by atoms with Crippen molar-refractivity contribution in [3.63, 3.8) is 0 Å². The fourth-order valence-electron chi connectivity index (χ4n) is 9.42. The Balaban J connectivity index is 0.862. The van der Waals surface area contributed by atoms with E-state index in [1.54, 1.807) is 38.9 Å². The first-order chi connectivity index (χ1) is 38.3. The van der Waals surface area contributed by atoms with Crippen molar-refractivity contribution in [2.45, 2.75) is 110 Å². The van der Waals surface area contributed by atoms with Crippen molar-refractivity contribution in [3.05, 3.63) is 94.7 Å². The van der Waals surface area contributed by atoms with Gasteiger partial charge in [-0.05, 0) is 69.0 Å². The smallest absolute Gasteiger partial charge is 0.254 e. The van der Waals surface area contributed by atoms with Crippen LogP contribution in [0, 0.1) is 22.6 Å². The molecule has 2 aromatic carbocycles. The lowest BCUT2D eigenvalue weighted by molar-refractivity contribution is -0.144. The lowest BCUT2D eigenvalue weighted by atomic mass is 9.85. The maximum atomic E-state index is 14.4. The molecule has 0 saturated carbocycles. The molecule has 0 radical (unpaired) electrons. The SMILES string of the molecule is CC[C@@H](NC(=O)[C@@H]1C[C@H](NCCOCCOCCOCCOCCC(=O)NCCn2nc3c(c2C#N)-c2cnc(N)c(c2)O[C@H](C)c2cc(F)ccc2C(=O)N(C)C3)CN1C(=O)C(NC(=O)[C@H](C)NC)C(C)(C)C)c1ccccc1. The highest BCUT2D eigenvalue weighted by atomic mass is 19.1. The van der Waals surface area contributed by atoms with E-state index in [1.165, 1.54) is 34.0 Å². The van der Waals surface area contributed by atoms with Gasteiger partial charge in [0.15, 0.2) is 11.6 Å². The minimum atomic E-state index is -0.859. The van der Waals surface area contributed by atoms with Crippen LogP contribution in [0.15, 0.2) is 60.8 Å². The number of nitriles is 1. The molecule has 4 aromatic rings. The molecule has 2 aliphatic heterocycles. The van der Waals surface area contributed by atoms with Gasteiger partial charge in [0, 0.05) is 67.6 Å². The average molecular weight is 1110 g/mol. The van der Waals surface area contributed by atoms with Crippen molar-refractivity contribution in [1.82, 2.24) is 51.1 Å². The predicted octanol–water partition coefficient (Wildman–Crippen LogP) is 3.80. The number of halogens is 1. The summed E-state index contributed by atoms with van der Waals surface area (Å²) in [5.74, 6) is -1.78. The topological polar surface area (TPSA) is 279 Å². The van der Waals surface area contributed by atoms with E-state index in [9.17, 15) is 33.6 Å². The number of ether oxygens (including phenoxy) is 5. The molecule has 2 bridgehead atoms. The largest absolute Gasteiger partial charge is 0.482 e. The number of nitrogens with one attached hydrogen (secondary N) is 5. The molecule has 4 heterocycles. The summed E-state index contributed by atoms with van der Waals surface area (Å²) in [4.78, 5) is 75.1. The number of rotatable bonds is 27. The Labute approximate surface area is 467 Å². The molecule has 2 aliphatic rings. The van der Waals surface area contributed by atoms with Crippen molar-refractivity contribution < 1.29 is 52.0 Å². The fraction of sp³-hybridized carbons (Fsp3) is 0.544. The second-order valence-electron chi connectivity index (χ2n) is 20.9. The number of aromatic nitrogens is 3. The van der Waals surface area contributed by atoms with Gasteiger partial charge in [-0.15, -0.1) is 0 Å². The number of likely N-dealkylation sites (N-methyl/N-ethyl adjacent to an activating group) is 1. The van der Waals surface area contributed by atoms with Crippen LogP contribution in [0.5, 0.6) is 5.75 Å². The minimum Gasteiger partial charge on any atom is -0.482 e. The number of hydrogen-bond donors (Lipinski definition) is 6. The fourth-order valence-corrected chi connectivity index (χ4v) is 9.42. The van der Waals surface area contributed by atoms with Crippen molar-refractivity contribution in [2.75, 3.05) is 92.3 Å². The first-order valence-corrected chi connectivity index (χ1v) is 27.3. The Bertz CT molecular complexity index is 2770. The number of fused-ring (bicyclic) bond motifs is 5. The van der Waals surface area contributed by atoms with E-state index >= 15 is 0 Å². The van der Waals surface area contributed by atoms with E-state index in [1.807, 2.05) is 58.0 Å². The molecular formula is C57H79FN12O10. The van der Waals surface area contributed by atoms with Gasteiger partial charge in [0.25, 0.3) is 5.91 Å². The first kappa shape index (κ1) is 62.1. The molecule has 6 atom stereocenters. The molecule has 23 heteroatoms. The van der Waals surface area contributed by atoms with Gasteiger partial charge >= 0.3 is 0 Å². The molecule has 5 amide bonds. The quantitative estimate of drug-likeness (QED) is 0.0463. The number of nitrogens with zero attached hydrogens (tertiary/aromatic N) is 6. The molecule has 7 N–H and O–H groups in total. The molecule has 1 saturated heterocycles. The zero-order chi connectivity index (χ0) is 57.9. The maximum absolute atomic E-state index is 14.4. The standard InChI is InChI=1S/C57H79FN12O10/c1-9-44(38-13-11-10-12-14-38)65-54(73)46-31-41(34-69(46)56(75)51(57(4,5)6)66-53(72)36(2)61-7)62-19-22-77-24-26-79-28-27-78-25-23-76-21-17-49(71)63-18-20-70-47(32-59)50-39-29-48(52(60)64-33-39)80-37(3)43-30-40(58)15-16-42(43)55(74)68(8)35-45(50)67-70/h10-16,29-30,33,36-37,41,44,46,51,61-62H,9,17-28,31,34-35H2,1-8H3,(H2,60,64)(H,63,71)(H,65,73)(H,66,72)/t36-,37+,41-,44+,46-,51?/m0/s1. The summed E-state index contributed by atoms with van der Waals surface area (Å²) in [5.41, 5.74) is 8.61. The van der Waals surface area contributed by atoms with Gasteiger partial charge in [0.05, 0.1) is 83.7 Å². The highest BCUT2D eigenvalue weighted by Gasteiger charge is 2.45. The first-order valence-electron chi connectivity index (χ1n) is 27.3. The van der Waals surface area contributed by atoms with Crippen LogP contribution < -0.4 is 37.1 Å². The second kappa shape index (κ2) is 29.9. The van der Waals surface area contributed by atoms with Crippen LogP contribution in [0.1, 0.15) is 106 Å². The van der Waals surface area contributed by atoms with E-state index in [2.05, 4.69) is 37.6 Å². The zero-order valence-electron chi connectivity index (χ0n) is 47.3. The lowest BCUT2D eigenvalue weighted by Crippen LogP contribution is -2.59. The number of hydrogen-bond acceptors (Lipinski definition) is 16. The molecule has 1 unspecified atom stereocenters. The van der Waals surface area contributed by atoms with Crippen molar-refractivity contribution in [2.24, 2.45) is 5.41 Å². The number of amides is 5. The van der Waals surface area contributed by atoms with E-state index in [0.717, 1.165) is 5.56 Å². The van der Waals surface area contributed by atoms with Crippen LogP contribution in [0.3, 0.4) is 0 Å². The molecule has 0 aliphatic carbocycles. The van der Waals surface area contributed by atoms with Crippen molar-refractivity contribution in [3.8, 4) is 22.9 Å². The van der Waals surface area contributed by atoms with E-state index < -0.39 is 41.4 Å². The van der Waals surface area contributed by atoms with Gasteiger partial charge in [-0.2, -0.15) is 10.4 Å². The highest BCUT2D eigenvalue weighted by molar-refractivity contribution is 5.96. The number of carbonyl (C=O) groups excluding carboxylic acids is 5. The third-order valence-corrected chi connectivity index (χ3v) is 14.0. The third kappa shape index (κ3) is 17.0. The molecule has 0 spiro atoms. The normalized spacial score (nSPS) is 17.4. The average Bonchev–Trinajstić information content (AvgIpc) is 4.17. The summed E-state index contributed by atoms with van der Waals surface area (Å²) in [6.07, 6.45) is 1.88. The molecule has 6 rings (SSSR count). The van der Waals surface area contributed by atoms with Crippen molar-refractivity contribution >= 4 is 35.4 Å². The van der Waals surface area contributed by atoms with Crippen molar-refractivity contribution in [1.29, 1.82) is 5.26 Å². The summed E-state index contributed by atoms with van der Waals surface area (Å²) in [6, 6.07) is 14.9. The van der Waals surface area contributed by atoms with Gasteiger partial charge in [-0.1, -0.05) is 58.0 Å². The monoisotopic (exact) mass is 1110 g/mol. The number of pyridine rings is 1. The van der Waals surface area contributed by atoms with Crippen LogP contribution >= 0.6 is 0 Å². The maximum Gasteiger partial charge on any atom is 0.254 e. The summed E-state index contributed by atoms with van der Waals surface area (Å²) < 4.78 is 44.7. The summed E-state index contributed by atoms with van der Waals surface area (Å²) in [5, 5.41) is 30.4. The number of carbonyl (C=O) groups is 5. The van der Waals surface area contributed by atoms with Crippen LogP contribution in [0.25, 0.3) is 11.1 Å². The van der Waals surface area contributed by atoms with Crippen LogP contribution in [0.2, 0.25) is 0 Å². The lowest BCUT2D eigenvalue weighted by Gasteiger charge is -2.36. The molecule has 434 valence electrons. The van der Waals surface area contributed by atoms with Gasteiger partial charge < -0.3 is 65.8 Å². The van der Waals surface area contributed by atoms with Gasteiger partial charge in [-0.25, -0.2) is 9.37 Å². The van der Waals surface area contributed by atoms with E-state index in [0.29, 0.717) is 81.4 Å². The highest BCUT2D eigenvalue weighted by Crippen LogP contribution is 2.36. The van der Waals surface area contributed by atoms with Crippen LogP contribution in [-0.4, -0.2) is 165 Å². The Morgan fingerprint density at radius 3 is 2.27 bits per heavy atom. The minimum absolute atomic E-state index is 0.00785. The Hall–Kier alpha value is -7.07. The number of likely N-dealkylation sites (tertiary alicyclic amines) is 1. The Kier molecular flexibility index (Phi) is 23.3. The van der Waals surface area contributed by atoms with Gasteiger partial charge in [0.1, 0.15) is 35.8 Å². The Morgan fingerprint density at radius 2 is 1.62 bits per heavy atom. The molecular weight excluding hydrogens is 1030 g/mol. The molecule has 2 aromatic heterocycles. The summed E-state index contributed by atoms with van der Waals surface area (Å²) >= 11 is 0. The number of anilines is 1. The van der Waals surface area contributed by atoms with Gasteiger partial charge in [-0.3, -0.25) is 28.7 Å². The third-order valence-electron chi connectivity index (χ3n) is 14.0. The van der Waals surface area contributed by atoms with E-state index in [-0.39, 0.29) is 104 Å². The number of nitrogen functional groups attached to an aromatic ring is 1. The number of nitrogens with two attached hydrogens (primary N) is 1. The molecule has 80 heavy (non-hydrogen) atoms. The summed E-state index contributed by atoms with van der Waals surface area (Å²) in [7, 11) is 3.27. The second-order valence-corrected chi connectivity index (χ2v) is 20.9. The van der Waals surface area contributed by atoms with Gasteiger partial charge in [0.2, 0.25) is 23.6 Å². The summed E-state index contributed by atoms with van der Waals surface area (Å²) in [6.45, 7) is 14.7. The zero-order valence-corrected chi connectivity index (χ0v) is 47.3. The Morgan fingerprint density at radius 1 is 0.950 bits per heavy atom. The predicted molar refractivity (Wildman–Crippen MR) is 296 cm³/mol. The van der Waals surface area contributed by atoms with Crippen LogP contribution in [-0.2, 0) is 51.2 Å². The molecule has 22 nitrogen and oxygen atoms in total. The van der Waals surface area contributed by atoms with Crippen LogP contribution in [0.4, 0.5) is 10.2 Å². The number of benzene rings is 2.